The zero-order chi connectivity index (χ0) is 21.2. The summed E-state index contributed by atoms with van der Waals surface area (Å²) in [4.78, 5) is 7.82. The number of ether oxygens (including phenoxy) is 1. The molecule has 0 atom stereocenters. The molecule has 11 heteroatoms. The number of hydrogen-bond donors (Lipinski definition) is 2. The summed E-state index contributed by atoms with van der Waals surface area (Å²) in [5.41, 5.74) is -0.0854. The average molecular weight is 415 g/mol. The molecule has 1 aromatic heterocycles. The summed E-state index contributed by atoms with van der Waals surface area (Å²) in [5.74, 6) is -1.06. The van der Waals surface area contributed by atoms with E-state index in [4.69, 9.17) is 0 Å². The Bertz CT molecular complexity index is 986. The first kappa shape index (κ1) is 20.2. The van der Waals surface area contributed by atoms with E-state index >= 15 is 0 Å². The van der Waals surface area contributed by atoms with Crippen molar-refractivity contribution in [2.45, 2.75) is 12.5 Å². The van der Waals surface area contributed by atoms with Crippen molar-refractivity contribution in [3.8, 4) is 22.9 Å². The van der Waals surface area contributed by atoms with Gasteiger partial charge < -0.3 is 15.2 Å². The zero-order valence-electron chi connectivity index (χ0n) is 14.2. The monoisotopic (exact) mass is 415 g/mol. The molecule has 152 valence electrons. The highest BCUT2D eigenvalue weighted by molar-refractivity contribution is 5.65. The normalized spacial score (nSPS) is 11.9. The molecule has 1 heterocycles. The summed E-state index contributed by atoms with van der Waals surface area (Å²) in [5, 5.41) is 12.7. The van der Waals surface area contributed by atoms with Crippen LogP contribution in [0.2, 0.25) is 0 Å². The molecule has 0 radical (unpaired) electrons. The summed E-state index contributed by atoms with van der Waals surface area (Å²) >= 11 is 0. The molecule has 0 fully saturated rings. The quantitative estimate of drug-likeness (QED) is 0.550. The van der Waals surface area contributed by atoms with E-state index in [0.29, 0.717) is 11.3 Å². The van der Waals surface area contributed by atoms with E-state index < -0.39 is 29.7 Å². The Hall–Kier alpha value is -3.50. The summed E-state index contributed by atoms with van der Waals surface area (Å²) in [6.45, 7) is 0. The van der Waals surface area contributed by atoms with Crippen LogP contribution in [0.4, 0.5) is 37.8 Å². The van der Waals surface area contributed by atoms with Gasteiger partial charge in [-0.3, -0.25) is 0 Å². The molecule has 0 bridgehead atoms. The Balaban J connectivity index is 1.74. The predicted octanol–water partition coefficient (Wildman–Crippen LogP) is 5.51. The van der Waals surface area contributed by atoms with Gasteiger partial charge in [0.1, 0.15) is 5.75 Å². The van der Waals surface area contributed by atoms with Crippen LogP contribution >= 0.6 is 0 Å². The molecule has 0 saturated carbocycles. The smallest absolute Gasteiger partial charge is 0.491 e. The van der Waals surface area contributed by atoms with E-state index in [1.807, 2.05) is 0 Å². The van der Waals surface area contributed by atoms with Gasteiger partial charge >= 0.3 is 12.5 Å². The Morgan fingerprint density at radius 3 is 2.00 bits per heavy atom. The van der Waals surface area contributed by atoms with Crippen LogP contribution in [0.1, 0.15) is 5.56 Å². The van der Waals surface area contributed by atoms with Gasteiger partial charge in [-0.15, -0.1) is 13.2 Å². The minimum absolute atomic E-state index is 0.0925. The van der Waals surface area contributed by atoms with Crippen LogP contribution in [0.5, 0.6) is 11.6 Å². The zero-order valence-corrected chi connectivity index (χ0v) is 14.2. The summed E-state index contributed by atoms with van der Waals surface area (Å²) in [6, 6.07) is 8.82. The minimum Gasteiger partial charge on any atom is -0.491 e. The van der Waals surface area contributed by atoms with Crippen LogP contribution in [0.25, 0.3) is 11.3 Å². The number of nitrogens with one attached hydrogen (secondary N) is 1. The van der Waals surface area contributed by atoms with Gasteiger partial charge in [0.05, 0.1) is 17.5 Å². The number of alkyl halides is 6. The van der Waals surface area contributed by atoms with Crippen LogP contribution in [0, 0.1) is 0 Å². The number of hydrogen-bond acceptors (Lipinski definition) is 5. The van der Waals surface area contributed by atoms with Gasteiger partial charge in [-0.2, -0.15) is 13.2 Å². The van der Waals surface area contributed by atoms with Gasteiger partial charge in [-0.25, -0.2) is 9.97 Å². The highest BCUT2D eigenvalue weighted by atomic mass is 19.4. The first-order valence-electron chi connectivity index (χ1n) is 7.88. The van der Waals surface area contributed by atoms with Gasteiger partial charge in [-0.1, -0.05) is 12.1 Å². The lowest BCUT2D eigenvalue weighted by Gasteiger charge is -2.11. The average Bonchev–Trinajstić information content (AvgIpc) is 2.63. The Morgan fingerprint density at radius 1 is 0.862 bits per heavy atom. The van der Waals surface area contributed by atoms with Gasteiger partial charge in [-0.05, 0) is 36.4 Å². The minimum atomic E-state index is -4.81. The van der Waals surface area contributed by atoms with E-state index in [0.717, 1.165) is 24.3 Å². The second-order valence-electron chi connectivity index (χ2n) is 5.70. The van der Waals surface area contributed by atoms with Gasteiger partial charge in [0.15, 0.2) is 5.82 Å². The summed E-state index contributed by atoms with van der Waals surface area (Å²) in [7, 11) is 0. The number of halogens is 6. The van der Waals surface area contributed by atoms with Crippen LogP contribution in [-0.2, 0) is 6.18 Å². The third-order valence-corrected chi connectivity index (χ3v) is 3.61. The van der Waals surface area contributed by atoms with Crippen molar-refractivity contribution in [1.82, 2.24) is 9.97 Å². The van der Waals surface area contributed by atoms with Gasteiger partial charge in [0, 0.05) is 11.3 Å². The van der Waals surface area contributed by atoms with Crippen LogP contribution < -0.4 is 10.1 Å². The molecule has 2 aromatic carbocycles. The predicted molar refractivity (Wildman–Crippen MR) is 90.5 cm³/mol. The van der Waals surface area contributed by atoms with Crippen LogP contribution in [0.3, 0.4) is 0 Å². The lowest BCUT2D eigenvalue weighted by atomic mass is 10.1. The van der Waals surface area contributed by atoms with Crippen molar-refractivity contribution < 1.29 is 36.2 Å². The van der Waals surface area contributed by atoms with Crippen molar-refractivity contribution in [3.63, 3.8) is 0 Å². The van der Waals surface area contributed by atoms with E-state index in [-0.39, 0.29) is 11.5 Å². The Morgan fingerprint density at radius 2 is 1.48 bits per heavy atom. The number of benzene rings is 2. The standard InChI is InChI=1S/C18H11F6N3O2/c19-17(20,21)11-3-1-10(2-4-11)14-9-25-15(16(28)27-14)26-12-5-7-13(8-6-12)29-18(22,23)24/h1-9H,(H,25,26)(H,27,28). The van der Waals surface area contributed by atoms with E-state index in [2.05, 4.69) is 20.0 Å². The maximum absolute atomic E-state index is 12.6. The molecule has 0 unspecified atom stereocenters. The SMILES string of the molecule is Oc1nc(-c2ccc(C(F)(F)F)cc2)cnc1Nc1ccc(OC(F)(F)F)cc1. The highest BCUT2D eigenvalue weighted by Crippen LogP contribution is 2.32. The van der Waals surface area contributed by atoms with Crippen molar-refractivity contribution in [3.05, 3.63) is 60.3 Å². The maximum Gasteiger partial charge on any atom is 0.573 e. The topological polar surface area (TPSA) is 67.3 Å². The van der Waals surface area contributed by atoms with Crippen molar-refractivity contribution in [1.29, 1.82) is 0 Å². The lowest BCUT2D eigenvalue weighted by Crippen LogP contribution is -2.16. The first-order valence-corrected chi connectivity index (χ1v) is 7.88. The summed E-state index contributed by atoms with van der Waals surface area (Å²) < 4.78 is 78.1. The largest absolute Gasteiger partial charge is 0.573 e. The molecule has 3 rings (SSSR count). The molecule has 0 spiro atoms. The van der Waals surface area contributed by atoms with Crippen LogP contribution in [-0.4, -0.2) is 21.4 Å². The molecule has 0 aliphatic heterocycles. The second kappa shape index (κ2) is 7.49. The van der Waals surface area contributed by atoms with Crippen molar-refractivity contribution >= 4 is 11.5 Å². The Labute approximate surface area is 159 Å². The second-order valence-corrected chi connectivity index (χ2v) is 5.70. The highest BCUT2D eigenvalue weighted by Gasteiger charge is 2.31. The van der Waals surface area contributed by atoms with Crippen molar-refractivity contribution in [2.24, 2.45) is 0 Å². The third-order valence-electron chi connectivity index (χ3n) is 3.61. The van der Waals surface area contributed by atoms with Crippen molar-refractivity contribution in [2.75, 3.05) is 5.32 Å². The number of nitrogens with zero attached hydrogens (tertiary/aromatic N) is 2. The molecular formula is C18H11F6N3O2. The fourth-order valence-corrected chi connectivity index (χ4v) is 2.31. The lowest BCUT2D eigenvalue weighted by molar-refractivity contribution is -0.274. The Kier molecular flexibility index (Phi) is 5.23. The maximum atomic E-state index is 12.6. The molecule has 29 heavy (non-hydrogen) atoms. The number of anilines is 2. The summed E-state index contributed by atoms with van der Waals surface area (Å²) in [6.07, 6.45) is -8.06. The van der Waals surface area contributed by atoms with E-state index in [1.165, 1.54) is 30.5 Å². The molecule has 0 saturated heterocycles. The molecule has 2 N–H and O–H groups in total. The fraction of sp³-hybridized carbons (Fsp3) is 0.111. The van der Waals surface area contributed by atoms with Gasteiger partial charge in [0.2, 0.25) is 0 Å². The molecule has 0 amide bonds. The van der Waals surface area contributed by atoms with E-state index in [9.17, 15) is 31.4 Å². The molecule has 0 aliphatic carbocycles. The number of aromatic nitrogens is 2. The third kappa shape index (κ3) is 5.27. The first-order chi connectivity index (χ1) is 13.5. The van der Waals surface area contributed by atoms with Crippen LogP contribution in [0.15, 0.2) is 54.7 Å². The number of aromatic hydroxyl groups is 1. The molecule has 0 aliphatic rings. The molecular weight excluding hydrogens is 404 g/mol. The number of rotatable bonds is 4. The van der Waals surface area contributed by atoms with Gasteiger partial charge in [0.25, 0.3) is 5.88 Å². The van der Waals surface area contributed by atoms with E-state index in [1.54, 1.807) is 0 Å². The molecule has 3 aromatic rings. The molecule has 5 nitrogen and oxygen atoms in total. The fourth-order valence-electron chi connectivity index (χ4n) is 2.31.